The predicted octanol–water partition coefficient (Wildman–Crippen LogP) is 4.87. The van der Waals surface area contributed by atoms with Crippen molar-refractivity contribution in [2.45, 2.75) is 65.1 Å². The maximum atomic E-state index is 12.6. The van der Waals surface area contributed by atoms with Crippen LogP contribution in [0.5, 0.6) is 11.5 Å². The van der Waals surface area contributed by atoms with E-state index < -0.39 is 11.6 Å². The summed E-state index contributed by atoms with van der Waals surface area (Å²) in [6.45, 7) is 8.06. The number of phenols is 1. The molecular formula is C25H34O5. The van der Waals surface area contributed by atoms with Crippen LogP contribution in [0.2, 0.25) is 0 Å². The number of phenolic OH excluding ortho intramolecular Hbond substituents is 1. The molecule has 1 fully saturated rings. The third-order valence-electron chi connectivity index (χ3n) is 6.81. The summed E-state index contributed by atoms with van der Waals surface area (Å²) in [7, 11) is 1.48. The molecule has 3 rings (SSSR count). The number of ether oxygens (including phenoxy) is 2. The Labute approximate surface area is 179 Å². The second-order valence-electron chi connectivity index (χ2n) is 9.37. The highest BCUT2D eigenvalue weighted by atomic mass is 16.5. The van der Waals surface area contributed by atoms with E-state index in [0.29, 0.717) is 24.0 Å². The highest BCUT2D eigenvalue weighted by Crippen LogP contribution is 2.48. The molecule has 2 aliphatic rings. The number of aromatic hydroxyl groups is 1. The summed E-state index contributed by atoms with van der Waals surface area (Å²) in [5.74, 6) is 0.899. The summed E-state index contributed by atoms with van der Waals surface area (Å²) in [6, 6.07) is 4.88. The zero-order valence-corrected chi connectivity index (χ0v) is 18.6. The zero-order chi connectivity index (χ0) is 22.1. The quantitative estimate of drug-likeness (QED) is 0.408. The number of aliphatic hydroxyl groups is 1. The number of rotatable bonds is 5. The minimum Gasteiger partial charge on any atom is -0.504 e. The monoisotopic (exact) mass is 414 g/mol. The van der Waals surface area contributed by atoms with E-state index in [4.69, 9.17) is 9.47 Å². The van der Waals surface area contributed by atoms with E-state index in [9.17, 15) is 15.0 Å². The van der Waals surface area contributed by atoms with Gasteiger partial charge in [0.25, 0.3) is 0 Å². The molecule has 5 heteroatoms. The van der Waals surface area contributed by atoms with E-state index in [1.54, 1.807) is 18.2 Å². The van der Waals surface area contributed by atoms with Crippen LogP contribution in [-0.4, -0.2) is 35.0 Å². The lowest BCUT2D eigenvalue weighted by atomic mass is 9.77. The van der Waals surface area contributed by atoms with Crippen LogP contribution in [0.3, 0.4) is 0 Å². The fourth-order valence-electron chi connectivity index (χ4n) is 5.04. The van der Waals surface area contributed by atoms with Crippen molar-refractivity contribution in [2.24, 2.45) is 17.8 Å². The first-order valence-electron chi connectivity index (χ1n) is 10.8. The normalized spacial score (nSPS) is 27.1. The summed E-state index contributed by atoms with van der Waals surface area (Å²) in [5.41, 5.74) is 2.60. The number of esters is 1. The standard InChI is InChI=1S/C25H34O5/c1-15-6-9-18-16(2)12-22(20(14-19(15)18)25(3,4)28)30-24(27)11-8-17-7-10-21(26)23(13-17)29-5/h7-8,10-11,13,15,19-20,22,26,28H,6,9,12,14H2,1-5H3/b11-8+/t15-,19-,20-,22-/m0/s1. The lowest BCUT2D eigenvalue weighted by Gasteiger charge is -2.36. The van der Waals surface area contributed by atoms with Gasteiger partial charge in [-0.25, -0.2) is 4.79 Å². The van der Waals surface area contributed by atoms with Gasteiger partial charge in [0, 0.05) is 18.4 Å². The number of allylic oxidation sites excluding steroid dienone is 1. The maximum Gasteiger partial charge on any atom is 0.331 e. The van der Waals surface area contributed by atoms with Crippen molar-refractivity contribution in [1.29, 1.82) is 0 Å². The molecule has 2 N–H and O–H groups in total. The lowest BCUT2D eigenvalue weighted by Crippen LogP contribution is -2.42. The molecule has 1 saturated carbocycles. The predicted molar refractivity (Wildman–Crippen MR) is 117 cm³/mol. The first-order valence-corrected chi connectivity index (χ1v) is 10.8. The molecule has 0 radical (unpaired) electrons. The zero-order valence-electron chi connectivity index (χ0n) is 18.6. The van der Waals surface area contributed by atoms with Crippen LogP contribution in [0.4, 0.5) is 0 Å². The average molecular weight is 415 g/mol. The smallest absolute Gasteiger partial charge is 0.331 e. The van der Waals surface area contributed by atoms with Gasteiger partial charge in [-0.3, -0.25) is 0 Å². The van der Waals surface area contributed by atoms with Gasteiger partial charge in [0.2, 0.25) is 0 Å². The Morgan fingerprint density at radius 3 is 2.70 bits per heavy atom. The molecule has 1 aromatic rings. The van der Waals surface area contributed by atoms with Crippen molar-refractivity contribution in [3.05, 3.63) is 41.0 Å². The van der Waals surface area contributed by atoms with Gasteiger partial charge in [0.15, 0.2) is 11.5 Å². The van der Waals surface area contributed by atoms with Crippen molar-refractivity contribution in [2.75, 3.05) is 7.11 Å². The summed E-state index contributed by atoms with van der Waals surface area (Å²) in [5, 5.41) is 20.6. The van der Waals surface area contributed by atoms with Crippen molar-refractivity contribution in [3.63, 3.8) is 0 Å². The van der Waals surface area contributed by atoms with Gasteiger partial charge >= 0.3 is 5.97 Å². The number of carbonyl (C=O) groups excluding carboxylic acids is 1. The van der Waals surface area contributed by atoms with Crippen LogP contribution in [-0.2, 0) is 9.53 Å². The first-order chi connectivity index (χ1) is 14.1. The Kier molecular flexibility index (Phi) is 6.61. The Morgan fingerprint density at radius 1 is 1.30 bits per heavy atom. The van der Waals surface area contributed by atoms with Crippen molar-refractivity contribution >= 4 is 12.0 Å². The second kappa shape index (κ2) is 8.84. The van der Waals surface area contributed by atoms with E-state index in [0.717, 1.165) is 18.4 Å². The molecule has 0 amide bonds. The fraction of sp³-hybridized carbons (Fsp3) is 0.560. The highest BCUT2D eigenvalue weighted by Gasteiger charge is 2.43. The molecule has 2 aliphatic carbocycles. The van der Waals surface area contributed by atoms with Gasteiger partial charge < -0.3 is 19.7 Å². The summed E-state index contributed by atoms with van der Waals surface area (Å²) < 4.78 is 11.0. The summed E-state index contributed by atoms with van der Waals surface area (Å²) in [4.78, 5) is 12.6. The minimum absolute atomic E-state index is 0.0481. The second-order valence-corrected chi connectivity index (χ2v) is 9.37. The van der Waals surface area contributed by atoms with E-state index in [1.165, 1.54) is 36.8 Å². The lowest BCUT2D eigenvalue weighted by molar-refractivity contribution is -0.151. The Hall–Kier alpha value is -2.27. The molecule has 4 atom stereocenters. The van der Waals surface area contributed by atoms with Gasteiger partial charge in [0.05, 0.1) is 12.7 Å². The van der Waals surface area contributed by atoms with E-state index in [1.807, 2.05) is 13.8 Å². The van der Waals surface area contributed by atoms with Crippen LogP contribution < -0.4 is 4.74 Å². The van der Waals surface area contributed by atoms with Crippen LogP contribution in [0.1, 0.15) is 58.9 Å². The van der Waals surface area contributed by atoms with Gasteiger partial charge in [-0.05, 0) is 75.6 Å². The molecule has 164 valence electrons. The van der Waals surface area contributed by atoms with Crippen molar-refractivity contribution < 1.29 is 24.5 Å². The van der Waals surface area contributed by atoms with Gasteiger partial charge in [-0.15, -0.1) is 0 Å². The van der Waals surface area contributed by atoms with Gasteiger partial charge in [-0.2, -0.15) is 0 Å². The molecule has 0 heterocycles. The molecular weight excluding hydrogens is 380 g/mol. The van der Waals surface area contributed by atoms with Crippen LogP contribution in [0, 0.1) is 17.8 Å². The third-order valence-corrected chi connectivity index (χ3v) is 6.81. The van der Waals surface area contributed by atoms with Crippen LogP contribution in [0.15, 0.2) is 35.4 Å². The maximum absolute atomic E-state index is 12.6. The molecule has 1 aromatic carbocycles. The number of methoxy groups -OCH3 is 1. The fourth-order valence-corrected chi connectivity index (χ4v) is 5.04. The van der Waals surface area contributed by atoms with E-state index >= 15 is 0 Å². The van der Waals surface area contributed by atoms with Crippen LogP contribution >= 0.6 is 0 Å². The van der Waals surface area contributed by atoms with Gasteiger partial charge in [-0.1, -0.05) is 24.1 Å². The Bertz CT molecular complexity index is 846. The minimum atomic E-state index is -0.934. The molecule has 0 aliphatic heterocycles. The molecule has 0 unspecified atom stereocenters. The highest BCUT2D eigenvalue weighted by molar-refractivity contribution is 5.87. The first kappa shape index (κ1) is 22.4. The molecule has 0 bridgehead atoms. The topological polar surface area (TPSA) is 76.0 Å². The summed E-state index contributed by atoms with van der Waals surface area (Å²) in [6.07, 6.45) is 6.49. The largest absolute Gasteiger partial charge is 0.504 e. The SMILES string of the molecule is COc1cc(/C=C/C(=O)O[C@H]2CC(C)=C3CC[C@H](C)[C@@H]3C[C@@H]2C(C)(C)O)ccc1O. The molecule has 0 saturated heterocycles. The number of fused-ring (bicyclic) bond motifs is 1. The summed E-state index contributed by atoms with van der Waals surface area (Å²) >= 11 is 0. The average Bonchev–Trinajstić information content (AvgIpc) is 2.97. The number of hydrogen-bond donors (Lipinski definition) is 2. The molecule has 5 nitrogen and oxygen atoms in total. The van der Waals surface area contributed by atoms with E-state index in [-0.39, 0.29) is 17.8 Å². The molecule has 0 spiro atoms. The van der Waals surface area contributed by atoms with Crippen LogP contribution in [0.25, 0.3) is 6.08 Å². The molecule has 30 heavy (non-hydrogen) atoms. The van der Waals surface area contributed by atoms with Crippen molar-refractivity contribution in [1.82, 2.24) is 0 Å². The number of hydrogen-bond acceptors (Lipinski definition) is 5. The number of benzene rings is 1. The Balaban J connectivity index is 1.77. The Morgan fingerprint density at radius 2 is 2.03 bits per heavy atom. The number of carbonyl (C=O) groups is 1. The third kappa shape index (κ3) is 4.89. The van der Waals surface area contributed by atoms with Crippen molar-refractivity contribution in [3.8, 4) is 11.5 Å². The van der Waals surface area contributed by atoms with E-state index in [2.05, 4.69) is 13.8 Å². The van der Waals surface area contributed by atoms with Gasteiger partial charge in [0.1, 0.15) is 6.10 Å². The molecule has 0 aromatic heterocycles.